The summed E-state index contributed by atoms with van der Waals surface area (Å²) in [7, 11) is 0. The minimum Gasteiger partial charge on any atom is -0.460 e. The monoisotopic (exact) mass is 360 g/mol. The summed E-state index contributed by atoms with van der Waals surface area (Å²) >= 11 is 0. The molecule has 3 atom stereocenters. The summed E-state index contributed by atoms with van der Waals surface area (Å²) in [5.74, 6) is -0.542. The van der Waals surface area contributed by atoms with Crippen LogP contribution >= 0.6 is 0 Å². The molecule has 140 valence electrons. The fourth-order valence-electron chi connectivity index (χ4n) is 3.32. The van der Waals surface area contributed by atoms with Crippen LogP contribution in [-0.2, 0) is 19.1 Å². The first-order valence-electron chi connectivity index (χ1n) is 8.78. The number of ether oxygens (including phenoxy) is 2. The molecule has 2 amide bonds. The van der Waals surface area contributed by atoms with E-state index in [1.54, 1.807) is 0 Å². The molecule has 26 heavy (non-hydrogen) atoms. The van der Waals surface area contributed by atoms with E-state index < -0.39 is 17.7 Å². The van der Waals surface area contributed by atoms with Gasteiger partial charge in [-0.3, -0.25) is 14.5 Å². The molecule has 1 N–H and O–H groups in total. The molecule has 0 bridgehead atoms. The van der Waals surface area contributed by atoms with Gasteiger partial charge in [0, 0.05) is 6.42 Å². The first kappa shape index (κ1) is 18.2. The third kappa shape index (κ3) is 3.81. The SMILES string of the molecule is CC(C)(C)OC(=O)CC[C@H]1NC(=O)[C@H]1N1C(=O)OC[C@@H]1c1ccccc1. The Bertz CT molecular complexity index is 698. The molecule has 0 unspecified atom stereocenters. The van der Waals surface area contributed by atoms with Crippen molar-refractivity contribution in [3.8, 4) is 0 Å². The zero-order valence-electron chi connectivity index (χ0n) is 15.2. The predicted molar refractivity (Wildman–Crippen MR) is 93.2 cm³/mol. The number of esters is 1. The molecule has 2 heterocycles. The Morgan fingerprint density at radius 3 is 2.58 bits per heavy atom. The number of β-lactam (4-membered cyclic amide) rings is 1. The Labute approximate surface area is 152 Å². The van der Waals surface area contributed by atoms with Gasteiger partial charge in [0.05, 0.1) is 12.1 Å². The van der Waals surface area contributed by atoms with E-state index in [9.17, 15) is 14.4 Å². The quantitative estimate of drug-likeness (QED) is 0.642. The number of nitrogens with zero attached hydrogens (tertiary/aromatic N) is 1. The summed E-state index contributed by atoms with van der Waals surface area (Å²) in [5, 5.41) is 2.78. The number of benzene rings is 1. The Hall–Kier alpha value is -2.57. The van der Waals surface area contributed by atoms with Crippen LogP contribution < -0.4 is 5.32 Å². The molecular formula is C19H24N2O5. The topological polar surface area (TPSA) is 84.9 Å². The number of carbonyl (C=O) groups excluding carboxylic acids is 3. The minimum atomic E-state index is -0.627. The van der Waals surface area contributed by atoms with Gasteiger partial charge in [0.2, 0.25) is 5.91 Å². The van der Waals surface area contributed by atoms with Crippen LogP contribution in [0.3, 0.4) is 0 Å². The average molecular weight is 360 g/mol. The summed E-state index contributed by atoms with van der Waals surface area (Å²) in [4.78, 5) is 37.8. The van der Waals surface area contributed by atoms with Gasteiger partial charge in [-0.2, -0.15) is 0 Å². The van der Waals surface area contributed by atoms with E-state index in [-0.39, 0.29) is 37.0 Å². The van der Waals surface area contributed by atoms with Crippen LogP contribution in [-0.4, -0.2) is 47.2 Å². The van der Waals surface area contributed by atoms with Gasteiger partial charge >= 0.3 is 12.1 Å². The third-order valence-electron chi connectivity index (χ3n) is 4.45. The zero-order valence-corrected chi connectivity index (χ0v) is 15.2. The number of rotatable bonds is 5. The van der Waals surface area contributed by atoms with E-state index in [2.05, 4.69) is 5.32 Å². The van der Waals surface area contributed by atoms with Gasteiger partial charge < -0.3 is 14.8 Å². The first-order valence-corrected chi connectivity index (χ1v) is 8.78. The molecule has 2 aliphatic heterocycles. The molecule has 3 rings (SSSR count). The van der Waals surface area contributed by atoms with Crippen LogP contribution in [0, 0.1) is 0 Å². The number of nitrogens with one attached hydrogen (secondary N) is 1. The van der Waals surface area contributed by atoms with Crippen molar-refractivity contribution in [1.29, 1.82) is 0 Å². The van der Waals surface area contributed by atoms with E-state index in [1.165, 1.54) is 4.90 Å². The highest BCUT2D eigenvalue weighted by Gasteiger charge is 2.51. The van der Waals surface area contributed by atoms with Gasteiger partial charge in [0.25, 0.3) is 0 Å². The number of hydrogen-bond acceptors (Lipinski definition) is 5. The van der Waals surface area contributed by atoms with Crippen molar-refractivity contribution >= 4 is 18.0 Å². The van der Waals surface area contributed by atoms with Gasteiger partial charge in [-0.25, -0.2) is 4.79 Å². The standard InChI is InChI=1S/C19H24N2O5/c1-19(2,3)26-15(22)10-9-13-16(17(23)20-13)21-14(11-25-18(21)24)12-7-5-4-6-8-12/h4-8,13-14,16H,9-11H2,1-3H3,(H,20,23)/t13-,14-,16+/m1/s1. The molecule has 1 aromatic rings. The van der Waals surface area contributed by atoms with Crippen LogP contribution in [0.4, 0.5) is 4.79 Å². The Balaban J connectivity index is 1.67. The van der Waals surface area contributed by atoms with E-state index in [4.69, 9.17) is 9.47 Å². The maximum atomic E-state index is 12.2. The third-order valence-corrected chi connectivity index (χ3v) is 4.45. The average Bonchev–Trinajstić information content (AvgIpc) is 2.92. The van der Waals surface area contributed by atoms with Crippen LogP contribution in [0.5, 0.6) is 0 Å². The lowest BCUT2D eigenvalue weighted by molar-refractivity contribution is -0.156. The molecule has 0 spiro atoms. The second-order valence-corrected chi connectivity index (χ2v) is 7.60. The van der Waals surface area contributed by atoms with Crippen LogP contribution in [0.2, 0.25) is 0 Å². The molecule has 2 saturated heterocycles. The van der Waals surface area contributed by atoms with Gasteiger partial charge in [0.15, 0.2) is 0 Å². The summed E-state index contributed by atoms with van der Waals surface area (Å²) in [5.41, 5.74) is 0.375. The summed E-state index contributed by atoms with van der Waals surface area (Å²) < 4.78 is 10.5. The van der Waals surface area contributed by atoms with E-state index in [0.29, 0.717) is 6.42 Å². The fraction of sp³-hybridized carbons (Fsp3) is 0.526. The lowest BCUT2D eigenvalue weighted by Crippen LogP contribution is -2.69. The van der Waals surface area contributed by atoms with Crippen molar-refractivity contribution in [2.45, 2.75) is 57.3 Å². The number of hydrogen-bond donors (Lipinski definition) is 1. The molecule has 0 saturated carbocycles. The zero-order chi connectivity index (χ0) is 18.9. The lowest BCUT2D eigenvalue weighted by Gasteiger charge is -2.43. The molecule has 2 aliphatic rings. The molecule has 1 aromatic carbocycles. The molecule has 0 aromatic heterocycles. The number of carbonyl (C=O) groups is 3. The minimum absolute atomic E-state index is 0.178. The second-order valence-electron chi connectivity index (χ2n) is 7.60. The van der Waals surface area contributed by atoms with E-state index in [0.717, 1.165) is 5.56 Å². The van der Waals surface area contributed by atoms with Crippen LogP contribution in [0.1, 0.15) is 45.2 Å². The Kier molecular flexibility index (Phi) is 4.89. The van der Waals surface area contributed by atoms with Crippen molar-refractivity contribution in [3.63, 3.8) is 0 Å². The Morgan fingerprint density at radius 2 is 1.96 bits per heavy atom. The van der Waals surface area contributed by atoms with Crippen molar-refractivity contribution < 1.29 is 23.9 Å². The number of cyclic esters (lactones) is 1. The smallest absolute Gasteiger partial charge is 0.411 e. The molecule has 0 radical (unpaired) electrons. The Morgan fingerprint density at radius 1 is 1.27 bits per heavy atom. The molecule has 0 aliphatic carbocycles. The highest BCUT2D eigenvalue weighted by Crippen LogP contribution is 2.34. The highest BCUT2D eigenvalue weighted by atomic mass is 16.6. The largest absolute Gasteiger partial charge is 0.460 e. The molecule has 7 nitrogen and oxygen atoms in total. The van der Waals surface area contributed by atoms with Gasteiger partial charge in [-0.15, -0.1) is 0 Å². The van der Waals surface area contributed by atoms with Crippen molar-refractivity contribution in [2.75, 3.05) is 6.61 Å². The van der Waals surface area contributed by atoms with Crippen LogP contribution in [0.15, 0.2) is 30.3 Å². The van der Waals surface area contributed by atoms with Crippen LogP contribution in [0.25, 0.3) is 0 Å². The number of amides is 2. The second kappa shape index (κ2) is 6.97. The van der Waals surface area contributed by atoms with Gasteiger partial charge in [-0.1, -0.05) is 30.3 Å². The van der Waals surface area contributed by atoms with Crippen molar-refractivity contribution in [2.24, 2.45) is 0 Å². The van der Waals surface area contributed by atoms with Gasteiger partial charge in [-0.05, 0) is 32.8 Å². The van der Waals surface area contributed by atoms with Gasteiger partial charge in [0.1, 0.15) is 18.2 Å². The van der Waals surface area contributed by atoms with Crippen molar-refractivity contribution in [3.05, 3.63) is 35.9 Å². The maximum absolute atomic E-state index is 12.2. The fourth-order valence-corrected chi connectivity index (χ4v) is 3.32. The predicted octanol–water partition coefficient (Wildman–Crippen LogP) is 2.17. The molecule has 2 fully saturated rings. The highest BCUT2D eigenvalue weighted by molar-refractivity contribution is 5.93. The van der Waals surface area contributed by atoms with E-state index in [1.807, 2.05) is 51.1 Å². The normalized spacial score (nSPS) is 25.3. The molecule has 7 heteroatoms. The summed E-state index contributed by atoms with van der Waals surface area (Å²) in [6.07, 6.45) is 0.0924. The van der Waals surface area contributed by atoms with Crippen molar-refractivity contribution in [1.82, 2.24) is 10.2 Å². The van der Waals surface area contributed by atoms with E-state index >= 15 is 0 Å². The first-order chi connectivity index (χ1) is 12.3. The lowest BCUT2D eigenvalue weighted by atomic mass is 9.91. The summed E-state index contributed by atoms with van der Waals surface area (Å²) in [6.45, 7) is 5.64. The molecular weight excluding hydrogens is 336 g/mol. The maximum Gasteiger partial charge on any atom is 0.411 e. The summed E-state index contributed by atoms with van der Waals surface area (Å²) in [6, 6.07) is 8.27.